The molecule has 1 aliphatic carbocycles. The molecule has 2 aromatic carbocycles. The number of nitrogens with zero attached hydrogens (tertiary/aromatic N) is 2. The molecule has 7 heteroatoms. The van der Waals surface area contributed by atoms with Crippen LogP contribution in [0.5, 0.6) is 0 Å². The first kappa shape index (κ1) is 17.3. The molecule has 1 heterocycles. The van der Waals surface area contributed by atoms with Crippen molar-refractivity contribution in [3.05, 3.63) is 54.1 Å². The van der Waals surface area contributed by atoms with Crippen molar-refractivity contribution in [1.82, 2.24) is 0 Å². The van der Waals surface area contributed by atoms with Gasteiger partial charge >= 0.3 is 0 Å². The maximum absolute atomic E-state index is 13.8. The van der Waals surface area contributed by atoms with Crippen molar-refractivity contribution in [3.8, 4) is 0 Å². The molecule has 2 amide bonds. The Morgan fingerprint density at radius 2 is 2.04 bits per heavy atom. The second-order valence-electron chi connectivity index (χ2n) is 6.63. The molecule has 1 N–H and O–H groups in total. The van der Waals surface area contributed by atoms with Crippen LogP contribution in [0.2, 0.25) is 0 Å². The average Bonchev–Trinajstić information content (AvgIpc) is 3.07. The minimum Gasteiger partial charge on any atom is -0.322 e. The molecule has 1 atom stereocenters. The van der Waals surface area contributed by atoms with E-state index in [4.69, 9.17) is 0 Å². The quantitative estimate of drug-likeness (QED) is 0.894. The van der Waals surface area contributed by atoms with Crippen LogP contribution in [0.25, 0.3) is 0 Å². The van der Waals surface area contributed by atoms with Crippen molar-refractivity contribution < 1.29 is 18.4 Å². The number of carbonyl (C=O) groups is 2. The Hall–Kier alpha value is -3.09. The Balaban J connectivity index is 1.62. The third-order valence-corrected chi connectivity index (χ3v) is 4.83. The van der Waals surface area contributed by atoms with Gasteiger partial charge in [0.25, 0.3) is 0 Å². The van der Waals surface area contributed by atoms with Gasteiger partial charge in [-0.05, 0) is 43.5 Å². The lowest BCUT2D eigenvalue weighted by molar-refractivity contribution is -0.123. The highest BCUT2D eigenvalue weighted by Crippen LogP contribution is 2.37. The average molecular weight is 369 g/mol. The van der Waals surface area contributed by atoms with Crippen molar-refractivity contribution in [3.63, 3.8) is 0 Å². The van der Waals surface area contributed by atoms with Crippen LogP contribution in [0.3, 0.4) is 0 Å². The summed E-state index contributed by atoms with van der Waals surface area (Å²) < 4.78 is 27.1. The van der Waals surface area contributed by atoms with E-state index in [9.17, 15) is 18.4 Å². The highest BCUT2D eigenvalue weighted by atomic mass is 19.1. The zero-order valence-corrected chi connectivity index (χ0v) is 14.4. The number of aliphatic imine (C=N–C) groups is 1. The second kappa shape index (κ2) is 6.90. The summed E-state index contributed by atoms with van der Waals surface area (Å²) in [5, 5.41) is 2.34. The zero-order valence-electron chi connectivity index (χ0n) is 14.4. The van der Waals surface area contributed by atoms with E-state index >= 15 is 0 Å². The van der Waals surface area contributed by atoms with E-state index in [2.05, 4.69) is 10.3 Å². The summed E-state index contributed by atoms with van der Waals surface area (Å²) in [4.78, 5) is 31.5. The van der Waals surface area contributed by atoms with E-state index in [0.29, 0.717) is 17.8 Å². The van der Waals surface area contributed by atoms with Gasteiger partial charge < -0.3 is 10.2 Å². The molecule has 0 spiro atoms. The first-order valence-electron chi connectivity index (χ1n) is 8.75. The molecule has 1 fully saturated rings. The minimum atomic E-state index is -0.742. The number of hydrogen-bond acceptors (Lipinski definition) is 3. The number of hydrogen-bond donors (Lipinski definition) is 1. The number of nitrogens with one attached hydrogen (secondary N) is 1. The van der Waals surface area contributed by atoms with Crippen LogP contribution in [-0.4, -0.2) is 24.1 Å². The molecule has 0 aromatic heterocycles. The molecule has 1 aliphatic heterocycles. The third-order valence-electron chi connectivity index (χ3n) is 4.83. The fourth-order valence-electron chi connectivity index (χ4n) is 3.57. The second-order valence-corrected chi connectivity index (χ2v) is 6.63. The van der Waals surface area contributed by atoms with Gasteiger partial charge in [-0.1, -0.05) is 12.1 Å². The number of amides is 2. The van der Waals surface area contributed by atoms with Crippen molar-refractivity contribution in [2.75, 3.05) is 16.8 Å². The molecule has 2 aliphatic rings. The van der Waals surface area contributed by atoms with Crippen LogP contribution in [0.1, 0.15) is 19.3 Å². The van der Waals surface area contributed by atoms with Crippen LogP contribution in [-0.2, 0) is 9.59 Å². The molecule has 4 rings (SSSR count). The Labute approximate surface area is 154 Å². The number of fused-ring (bicyclic) bond motifs is 2. The van der Waals surface area contributed by atoms with Crippen LogP contribution in [0, 0.1) is 17.6 Å². The van der Waals surface area contributed by atoms with Crippen LogP contribution >= 0.6 is 0 Å². The summed E-state index contributed by atoms with van der Waals surface area (Å²) in [7, 11) is 0. The zero-order chi connectivity index (χ0) is 19.0. The van der Waals surface area contributed by atoms with Gasteiger partial charge in [-0.15, -0.1) is 0 Å². The lowest BCUT2D eigenvalue weighted by atomic mass is 10.1. The Morgan fingerprint density at radius 3 is 2.89 bits per heavy atom. The molecule has 1 saturated carbocycles. The van der Waals surface area contributed by atoms with E-state index in [1.165, 1.54) is 4.90 Å². The first-order chi connectivity index (χ1) is 13.0. The van der Waals surface area contributed by atoms with Gasteiger partial charge in [0.1, 0.15) is 18.2 Å². The summed E-state index contributed by atoms with van der Waals surface area (Å²) in [5.41, 5.74) is 1.76. The van der Waals surface area contributed by atoms with Gasteiger partial charge in [-0.25, -0.2) is 8.78 Å². The van der Waals surface area contributed by atoms with Crippen molar-refractivity contribution in [2.45, 2.75) is 19.3 Å². The highest BCUT2D eigenvalue weighted by Gasteiger charge is 2.37. The Bertz CT molecular complexity index is 958. The summed E-state index contributed by atoms with van der Waals surface area (Å²) in [5.74, 6) is -2.54. The van der Waals surface area contributed by atoms with Crippen molar-refractivity contribution in [1.29, 1.82) is 0 Å². The molecule has 0 radical (unpaired) electrons. The summed E-state index contributed by atoms with van der Waals surface area (Å²) in [6, 6.07) is 9.94. The van der Waals surface area contributed by atoms with Crippen LogP contribution < -0.4 is 10.2 Å². The number of halogens is 2. The van der Waals surface area contributed by atoms with E-state index in [1.54, 1.807) is 18.2 Å². The maximum Gasteiger partial charge on any atom is 0.244 e. The van der Waals surface area contributed by atoms with Gasteiger partial charge in [0, 0.05) is 11.8 Å². The highest BCUT2D eigenvalue weighted by molar-refractivity contribution is 6.16. The van der Waals surface area contributed by atoms with Crippen molar-refractivity contribution >= 4 is 34.6 Å². The van der Waals surface area contributed by atoms with Crippen LogP contribution in [0.4, 0.5) is 25.8 Å². The standard InChI is InChI=1S/C20H17F2N3O2/c21-12-8-9-14(22)17(10-12)24-19(26)11-25-18-7-2-1-5-16(18)23-15-6-3-4-13(15)20(25)27/h1-2,5,7-10,13H,3-4,6,11H2,(H,24,26). The van der Waals surface area contributed by atoms with E-state index in [1.807, 2.05) is 6.07 Å². The number of benzene rings is 2. The lowest BCUT2D eigenvalue weighted by Crippen LogP contribution is -2.42. The van der Waals surface area contributed by atoms with Gasteiger partial charge in [-0.3, -0.25) is 14.6 Å². The monoisotopic (exact) mass is 369 g/mol. The van der Waals surface area contributed by atoms with Gasteiger partial charge in [0.15, 0.2) is 0 Å². The molecule has 2 aromatic rings. The molecule has 5 nitrogen and oxygen atoms in total. The Kier molecular flexibility index (Phi) is 4.43. The largest absolute Gasteiger partial charge is 0.322 e. The molecular formula is C20H17F2N3O2. The third kappa shape index (κ3) is 3.32. The molecule has 0 bridgehead atoms. The number of para-hydroxylation sites is 2. The maximum atomic E-state index is 13.8. The van der Waals surface area contributed by atoms with Crippen LogP contribution in [0.15, 0.2) is 47.5 Å². The topological polar surface area (TPSA) is 61.8 Å². The molecule has 0 saturated heterocycles. The first-order valence-corrected chi connectivity index (χ1v) is 8.75. The van der Waals surface area contributed by atoms with Gasteiger partial charge in [0.2, 0.25) is 11.8 Å². The van der Waals surface area contributed by atoms with E-state index in [-0.39, 0.29) is 24.1 Å². The Morgan fingerprint density at radius 1 is 1.22 bits per heavy atom. The van der Waals surface area contributed by atoms with Gasteiger partial charge in [-0.2, -0.15) is 0 Å². The predicted molar refractivity (Wildman–Crippen MR) is 98.2 cm³/mol. The normalized spacial score (nSPS) is 18.4. The molecule has 27 heavy (non-hydrogen) atoms. The summed E-state index contributed by atoms with van der Waals surface area (Å²) >= 11 is 0. The molecule has 138 valence electrons. The number of anilines is 2. The fourth-order valence-corrected chi connectivity index (χ4v) is 3.57. The smallest absolute Gasteiger partial charge is 0.244 e. The number of rotatable bonds is 3. The lowest BCUT2D eigenvalue weighted by Gasteiger charge is -2.24. The summed E-state index contributed by atoms with van der Waals surface area (Å²) in [6.07, 6.45) is 2.34. The molecule has 1 unspecified atom stereocenters. The predicted octanol–water partition coefficient (Wildman–Crippen LogP) is 3.82. The van der Waals surface area contributed by atoms with E-state index < -0.39 is 17.5 Å². The fraction of sp³-hybridized carbons (Fsp3) is 0.250. The number of carbonyl (C=O) groups excluding carboxylic acids is 2. The van der Waals surface area contributed by atoms with Crippen molar-refractivity contribution in [2.24, 2.45) is 10.9 Å². The molecular weight excluding hydrogens is 352 g/mol. The minimum absolute atomic E-state index is 0.189. The SMILES string of the molecule is O=C(CN1C(=O)C2CCCC2=Nc2ccccc21)Nc1cc(F)ccc1F. The van der Waals surface area contributed by atoms with E-state index in [0.717, 1.165) is 36.8 Å². The van der Waals surface area contributed by atoms with Gasteiger partial charge in [0.05, 0.1) is 23.0 Å². The summed E-state index contributed by atoms with van der Waals surface area (Å²) in [6.45, 7) is -0.300.